The Morgan fingerprint density at radius 2 is 2.12 bits per heavy atom. The van der Waals surface area contributed by atoms with Gasteiger partial charge in [-0.15, -0.1) is 0 Å². The molecule has 0 saturated carbocycles. The number of halogens is 2. The molecule has 0 radical (unpaired) electrons. The number of hydrogen-bond acceptors (Lipinski definition) is 2. The van der Waals surface area contributed by atoms with Crippen LogP contribution in [-0.4, -0.2) is 15.8 Å². The molecule has 0 amide bonds. The van der Waals surface area contributed by atoms with Crippen molar-refractivity contribution in [1.29, 1.82) is 0 Å². The molecule has 0 atom stereocenters. The standard InChI is InChI=1S/C10H7Cl2NO3/c1-13-7-4-5(11)2-3-6(7)8(12)9(13)16-10(14)15/h2-4H,1H3,(H,14,15). The topological polar surface area (TPSA) is 51.5 Å². The van der Waals surface area contributed by atoms with Crippen LogP contribution in [0.25, 0.3) is 10.9 Å². The number of carbonyl (C=O) groups is 1. The molecule has 1 aromatic heterocycles. The highest BCUT2D eigenvalue weighted by Crippen LogP contribution is 2.36. The molecular weight excluding hydrogens is 253 g/mol. The molecule has 1 aromatic carbocycles. The number of nitrogens with zero attached hydrogens (tertiary/aromatic N) is 1. The van der Waals surface area contributed by atoms with Gasteiger partial charge in [0.2, 0.25) is 5.88 Å². The third-order valence-corrected chi connectivity index (χ3v) is 2.83. The van der Waals surface area contributed by atoms with Crippen LogP contribution in [0.2, 0.25) is 10.0 Å². The molecule has 0 spiro atoms. The van der Waals surface area contributed by atoms with Crippen LogP contribution in [0.1, 0.15) is 0 Å². The van der Waals surface area contributed by atoms with Gasteiger partial charge in [0.25, 0.3) is 0 Å². The van der Waals surface area contributed by atoms with Crippen LogP contribution in [0, 0.1) is 0 Å². The van der Waals surface area contributed by atoms with E-state index in [-0.39, 0.29) is 10.9 Å². The minimum atomic E-state index is -1.40. The van der Waals surface area contributed by atoms with Crippen LogP contribution in [0.5, 0.6) is 5.88 Å². The van der Waals surface area contributed by atoms with Crippen molar-refractivity contribution in [3.8, 4) is 5.88 Å². The SMILES string of the molecule is Cn1c(OC(=O)O)c(Cl)c2ccc(Cl)cc21. The fraction of sp³-hybridized carbons (Fsp3) is 0.100. The van der Waals surface area contributed by atoms with Crippen molar-refractivity contribution in [3.05, 3.63) is 28.2 Å². The van der Waals surface area contributed by atoms with Gasteiger partial charge in [0.15, 0.2) is 0 Å². The molecule has 1 N–H and O–H groups in total. The summed E-state index contributed by atoms with van der Waals surface area (Å²) in [5.74, 6) is 0.0893. The summed E-state index contributed by atoms with van der Waals surface area (Å²) < 4.78 is 6.14. The number of aromatic nitrogens is 1. The van der Waals surface area contributed by atoms with Crippen molar-refractivity contribution < 1.29 is 14.6 Å². The second-order valence-electron chi connectivity index (χ2n) is 3.21. The van der Waals surface area contributed by atoms with E-state index in [1.54, 1.807) is 25.2 Å². The molecule has 4 nitrogen and oxygen atoms in total. The molecule has 0 bridgehead atoms. The third kappa shape index (κ3) is 1.70. The number of benzene rings is 1. The summed E-state index contributed by atoms with van der Waals surface area (Å²) in [5, 5.41) is 10.1. The first-order chi connectivity index (χ1) is 7.50. The number of fused-ring (bicyclic) bond motifs is 1. The highest BCUT2D eigenvalue weighted by atomic mass is 35.5. The Bertz CT molecular complexity index is 577. The predicted molar refractivity (Wildman–Crippen MR) is 61.6 cm³/mol. The summed E-state index contributed by atoms with van der Waals surface area (Å²) in [4.78, 5) is 10.5. The lowest BCUT2D eigenvalue weighted by Gasteiger charge is -2.01. The zero-order chi connectivity index (χ0) is 11.9. The molecule has 0 aliphatic rings. The maximum Gasteiger partial charge on any atom is 0.512 e. The number of aryl methyl sites for hydroxylation is 1. The van der Waals surface area contributed by atoms with Crippen molar-refractivity contribution >= 4 is 40.3 Å². The van der Waals surface area contributed by atoms with E-state index in [0.29, 0.717) is 15.9 Å². The summed E-state index contributed by atoms with van der Waals surface area (Å²) in [7, 11) is 1.66. The molecular formula is C10H7Cl2NO3. The molecule has 0 fully saturated rings. The van der Waals surface area contributed by atoms with Gasteiger partial charge in [-0.05, 0) is 18.2 Å². The van der Waals surface area contributed by atoms with Crippen LogP contribution in [-0.2, 0) is 7.05 Å². The van der Waals surface area contributed by atoms with Crippen molar-refractivity contribution in [2.75, 3.05) is 0 Å². The van der Waals surface area contributed by atoms with E-state index in [2.05, 4.69) is 4.74 Å². The average molecular weight is 260 g/mol. The van der Waals surface area contributed by atoms with E-state index in [1.807, 2.05) is 0 Å². The highest BCUT2D eigenvalue weighted by Gasteiger charge is 2.17. The highest BCUT2D eigenvalue weighted by molar-refractivity contribution is 6.38. The maximum absolute atomic E-state index is 10.5. The van der Waals surface area contributed by atoms with Gasteiger partial charge in [0.05, 0.1) is 5.52 Å². The normalized spacial score (nSPS) is 10.7. The van der Waals surface area contributed by atoms with Crippen LogP contribution in [0.15, 0.2) is 18.2 Å². The molecule has 2 rings (SSSR count). The Hall–Kier alpha value is -1.39. The first-order valence-electron chi connectivity index (χ1n) is 4.35. The number of rotatable bonds is 1. The first-order valence-corrected chi connectivity index (χ1v) is 5.10. The van der Waals surface area contributed by atoms with E-state index >= 15 is 0 Å². The van der Waals surface area contributed by atoms with Gasteiger partial charge in [-0.3, -0.25) is 0 Å². The van der Waals surface area contributed by atoms with E-state index in [1.165, 1.54) is 4.57 Å². The van der Waals surface area contributed by atoms with Gasteiger partial charge in [-0.2, -0.15) is 0 Å². The van der Waals surface area contributed by atoms with Crippen molar-refractivity contribution in [1.82, 2.24) is 4.57 Å². The molecule has 84 valence electrons. The van der Waals surface area contributed by atoms with Crippen LogP contribution in [0.3, 0.4) is 0 Å². The summed E-state index contributed by atoms with van der Waals surface area (Å²) in [6.07, 6.45) is -1.40. The van der Waals surface area contributed by atoms with Crippen molar-refractivity contribution in [3.63, 3.8) is 0 Å². The van der Waals surface area contributed by atoms with E-state index in [0.717, 1.165) is 0 Å². The maximum atomic E-state index is 10.5. The quantitative estimate of drug-likeness (QED) is 0.798. The van der Waals surface area contributed by atoms with Gasteiger partial charge in [0, 0.05) is 17.5 Å². The number of carboxylic acid groups (broad SMARTS) is 1. The second kappa shape index (κ2) is 3.88. The van der Waals surface area contributed by atoms with Gasteiger partial charge in [-0.1, -0.05) is 23.2 Å². The summed E-state index contributed by atoms with van der Waals surface area (Å²) in [6, 6.07) is 5.09. The minimum absolute atomic E-state index is 0.0893. The fourth-order valence-electron chi connectivity index (χ4n) is 1.54. The molecule has 6 heteroatoms. The molecule has 0 aliphatic heterocycles. The van der Waals surface area contributed by atoms with Crippen LogP contribution < -0.4 is 4.74 Å². The monoisotopic (exact) mass is 259 g/mol. The fourth-order valence-corrected chi connectivity index (χ4v) is 2.03. The first kappa shape index (κ1) is 11.1. The summed E-state index contributed by atoms with van der Waals surface area (Å²) in [6.45, 7) is 0. The molecule has 0 saturated heterocycles. The van der Waals surface area contributed by atoms with E-state index in [9.17, 15) is 4.79 Å². The smallest absolute Gasteiger partial charge is 0.449 e. The van der Waals surface area contributed by atoms with Crippen LogP contribution >= 0.6 is 23.2 Å². The lowest BCUT2D eigenvalue weighted by Crippen LogP contribution is -2.06. The van der Waals surface area contributed by atoms with E-state index < -0.39 is 6.16 Å². The van der Waals surface area contributed by atoms with Gasteiger partial charge in [0.1, 0.15) is 5.02 Å². The average Bonchev–Trinajstić information content (AvgIpc) is 2.43. The molecule has 0 unspecified atom stereocenters. The molecule has 1 heterocycles. The third-order valence-electron chi connectivity index (χ3n) is 2.23. The Morgan fingerprint density at radius 1 is 1.44 bits per heavy atom. The number of hydrogen-bond donors (Lipinski definition) is 1. The zero-order valence-electron chi connectivity index (χ0n) is 8.20. The Kier molecular flexibility index (Phi) is 2.69. The summed E-state index contributed by atoms with van der Waals surface area (Å²) in [5.41, 5.74) is 0.716. The molecule has 16 heavy (non-hydrogen) atoms. The largest absolute Gasteiger partial charge is 0.512 e. The van der Waals surface area contributed by atoms with Crippen LogP contribution in [0.4, 0.5) is 4.79 Å². The minimum Gasteiger partial charge on any atom is -0.449 e. The number of ether oxygens (including phenoxy) is 1. The zero-order valence-corrected chi connectivity index (χ0v) is 9.71. The molecule has 0 aliphatic carbocycles. The van der Waals surface area contributed by atoms with E-state index in [4.69, 9.17) is 28.3 Å². The Balaban J connectivity index is 2.71. The van der Waals surface area contributed by atoms with Crippen molar-refractivity contribution in [2.45, 2.75) is 0 Å². The van der Waals surface area contributed by atoms with Crippen molar-refractivity contribution in [2.24, 2.45) is 7.05 Å². The Morgan fingerprint density at radius 3 is 2.75 bits per heavy atom. The lowest BCUT2D eigenvalue weighted by atomic mass is 10.2. The Labute approximate surface area is 101 Å². The summed E-state index contributed by atoms with van der Waals surface area (Å²) >= 11 is 11.9. The van der Waals surface area contributed by atoms with Gasteiger partial charge in [-0.25, -0.2) is 4.79 Å². The van der Waals surface area contributed by atoms with Gasteiger partial charge < -0.3 is 14.4 Å². The second-order valence-corrected chi connectivity index (χ2v) is 4.02. The van der Waals surface area contributed by atoms with Gasteiger partial charge >= 0.3 is 6.16 Å². The predicted octanol–water partition coefficient (Wildman–Crippen LogP) is 3.54. The lowest BCUT2D eigenvalue weighted by molar-refractivity contribution is 0.141. The molecule has 2 aromatic rings.